The van der Waals surface area contributed by atoms with Crippen LogP contribution in [0.15, 0.2) is 0 Å². The van der Waals surface area contributed by atoms with Crippen LogP contribution in [-0.4, -0.2) is 53.2 Å². The van der Waals surface area contributed by atoms with Crippen molar-refractivity contribution in [3.8, 4) is 0 Å². The summed E-state index contributed by atoms with van der Waals surface area (Å²) in [7, 11) is 0. The van der Waals surface area contributed by atoms with Gasteiger partial charge in [-0.25, -0.2) is 9.59 Å². The summed E-state index contributed by atoms with van der Waals surface area (Å²) in [5.41, 5.74) is 0. The van der Waals surface area contributed by atoms with Crippen LogP contribution in [0.5, 0.6) is 0 Å². The predicted octanol–water partition coefficient (Wildman–Crippen LogP) is 0.977. The summed E-state index contributed by atoms with van der Waals surface area (Å²) in [5.74, 6) is -1.35. The molecule has 7 nitrogen and oxygen atoms in total. The van der Waals surface area contributed by atoms with Gasteiger partial charge in [0, 0.05) is 12.6 Å². The molecule has 1 aliphatic rings. The van der Waals surface area contributed by atoms with Gasteiger partial charge in [0.15, 0.2) is 0 Å². The summed E-state index contributed by atoms with van der Waals surface area (Å²) in [6.07, 6.45) is 1.73. The van der Waals surface area contributed by atoms with E-state index in [9.17, 15) is 14.4 Å². The van der Waals surface area contributed by atoms with E-state index in [1.165, 1.54) is 4.90 Å². The molecule has 2 atom stereocenters. The molecule has 114 valence electrons. The normalized spacial score (nSPS) is 19.5. The highest BCUT2D eigenvalue weighted by atomic mass is 16.5. The van der Waals surface area contributed by atoms with Gasteiger partial charge in [0.1, 0.15) is 6.04 Å². The largest absolute Gasteiger partial charge is 0.481 e. The zero-order chi connectivity index (χ0) is 15.1. The van der Waals surface area contributed by atoms with E-state index in [2.05, 4.69) is 5.32 Å². The summed E-state index contributed by atoms with van der Waals surface area (Å²) < 4.78 is 4.95. The van der Waals surface area contributed by atoms with Gasteiger partial charge in [-0.1, -0.05) is 6.92 Å². The van der Waals surface area contributed by atoms with Gasteiger partial charge in [-0.2, -0.15) is 0 Å². The number of hydrogen-bond donors (Lipinski definition) is 2. The van der Waals surface area contributed by atoms with E-state index in [1.54, 1.807) is 13.8 Å². The smallest absolute Gasteiger partial charge is 0.328 e. The number of carbonyl (C=O) groups excluding carboxylic acids is 2. The number of nitrogens with zero attached hydrogens (tertiary/aromatic N) is 1. The molecule has 2 unspecified atom stereocenters. The number of urea groups is 1. The SMILES string of the molecule is CCOC(=O)C1CCCN1C(=O)NC(CC)CC(=O)O. The second-order valence-electron chi connectivity index (χ2n) is 4.76. The molecule has 0 saturated carbocycles. The third-order valence-corrected chi connectivity index (χ3v) is 3.31. The molecule has 0 radical (unpaired) electrons. The lowest BCUT2D eigenvalue weighted by atomic mass is 10.1. The first kappa shape index (κ1) is 16.3. The molecule has 1 heterocycles. The Morgan fingerprint density at radius 2 is 2.10 bits per heavy atom. The molecule has 7 heteroatoms. The highest BCUT2D eigenvalue weighted by Crippen LogP contribution is 2.19. The maximum Gasteiger partial charge on any atom is 0.328 e. The fraction of sp³-hybridized carbons (Fsp3) is 0.769. The van der Waals surface area contributed by atoms with Crippen molar-refractivity contribution in [1.29, 1.82) is 0 Å². The van der Waals surface area contributed by atoms with Gasteiger partial charge in [-0.05, 0) is 26.2 Å². The Kier molecular flexibility index (Phi) is 6.27. The number of rotatable bonds is 6. The average Bonchev–Trinajstić information content (AvgIpc) is 2.86. The Bertz CT molecular complexity index is 372. The monoisotopic (exact) mass is 286 g/mol. The highest BCUT2D eigenvalue weighted by molar-refractivity contribution is 5.84. The number of carboxylic acids is 1. The van der Waals surface area contributed by atoms with Gasteiger partial charge in [0.25, 0.3) is 0 Å². The van der Waals surface area contributed by atoms with Crippen molar-refractivity contribution in [2.75, 3.05) is 13.2 Å². The Hall–Kier alpha value is -1.79. The van der Waals surface area contributed by atoms with Crippen LogP contribution in [0.2, 0.25) is 0 Å². The van der Waals surface area contributed by atoms with Crippen LogP contribution in [0.25, 0.3) is 0 Å². The Morgan fingerprint density at radius 1 is 1.40 bits per heavy atom. The van der Waals surface area contributed by atoms with Crippen molar-refractivity contribution in [2.24, 2.45) is 0 Å². The molecule has 1 aliphatic heterocycles. The molecule has 0 spiro atoms. The maximum atomic E-state index is 12.1. The van der Waals surface area contributed by atoms with Crippen molar-refractivity contribution in [2.45, 2.75) is 51.6 Å². The maximum absolute atomic E-state index is 12.1. The zero-order valence-corrected chi connectivity index (χ0v) is 11.9. The quantitative estimate of drug-likeness (QED) is 0.709. The van der Waals surface area contributed by atoms with E-state index >= 15 is 0 Å². The number of hydrogen-bond acceptors (Lipinski definition) is 4. The van der Waals surface area contributed by atoms with E-state index in [0.717, 1.165) is 6.42 Å². The van der Waals surface area contributed by atoms with Crippen LogP contribution < -0.4 is 5.32 Å². The van der Waals surface area contributed by atoms with E-state index in [0.29, 0.717) is 19.4 Å². The third kappa shape index (κ3) is 4.40. The van der Waals surface area contributed by atoms with E-state index < -0.39 is 30.1 Å². The number of carboxylic acid groups (broad SMARTS) is 1. The molecule has 0 aliphatic carbocycles. The minimum Gasteiger partial charge on any atom is -0.481 e. The fourth-order valence-electron chi connectivity index (χ4n) is 2.26. The van der Waals surface area contributed by atoms with Crippen LogP contribution in [0, 0.1) is 0 Å². The molecule has 0 aromatic rings. The Morgan fingerprint density at radius 3 is 2.65 bits per heavy atom. The van der Waals surface area contributed by atoms with Gasteiger partial charge in [0.05, 0.1) is 13.0 Å². The number of likely N-dealkylation sites (tertiary alicyclic amines) is 1. The zero-order valence-electron chi connectivity index (χ0n) is 11.9. The summed E-state index contributed by atoms with van der Waals surface area (Å²) in [5, 5.41) is 11.4. The number of carbonyl (C=O) groups is 3. The first-order chi connectivity index (χ1) is 9.49. The lowest BCUT2D eigenvalue weighted by Crippen LogP contribution is -2.49. The molecular weight excluding hydrogens is 264 g/mol. The number of amides is 2. The second-order valence-corrected chi connectivity index (χ2v) is 4.76. The van der Waals surface area contributed by atoms with Crippen molar-refractivity contribution in [3.63, 3.8) is 0 Å². The van der Waals surface area contributed by atoms with Crippen molar-refractivity contribution in [3.05, 3.63) is 0 Å². The average molecular weight is 286 g/mol. The van der Waals surface area contributed by atoms with Gasteiger partial charge >= 0.3 is 18.0 Å². The Balaban J connectivity index is 2.60. The first-order valence-electron chi connectivity index (χ1n) is 6.95. The lowest BCUT2D eigenvalue weighted by molar-refractivity contribution is -0.147. The van der Waals surface area contributed by atoms with Crippen LogP contribution >= 0.6 is 0 Å². The topological polar surface area (TPSA) is 95.9 Å². The van der Waals surface area contributed by atoms with E-state index in [1.807, 2.05) is 0 Å². The molecule has 20 heavy (non-hydrogen) atoms. The van der Waals surface area contributed by atoms with Gasteiger partial charge in [-0.3, -0.25) is 4.79 Å². The second kappa shape index (κ2) is 7.72. The number of ether oxygens (including phenoxy) is 1. The van der Waals surface area contributed by atoms with Crippen LogP contribution in [0.4, 0.5) is 4.79 Å². The molecule has 1 saturated heterocycles. The standard InChI is InChI=1S/C13H22N2O5/c1-3-9(8-11(16)17)14-13(19)15-7-5-6-10(15)12(18)20-4-2/h9-10H,3-8H2,1-2H3,(H,14,19)(H,16,17). The molecule has 1 fully saturated rings. The molecule has 0 aromatic carbocycles. The predicted molar refractivity (Wildman–Crippen MR) is 71.2 cm³/mol. The van der Waals surface area contributed by atoms with Crippen molar-refractivity contribution in [1.82, 2.24) is 10.2 Å². The molecule has 2 N–H and O–H groups in total. The minimum absolute atomic E-state index is 0.125. The van der Waals surface area contributed by atoms with Crippen molar-refractivity contribution < 1.29 is 24.2 Å². The van der Waals surface area contributed by atoms with Gasteiger partial charge < -0.3 is 20.1 Å². The lowest BCUT2D eigenvalue weighted by Gasteiger charge is -2.25. The molecular formula is C13H22N2O5. The third-order valence-electron chi connectivity index (χ3n) is 3.31. The first-order valence-corrected chi connectivity index (χ1v) is 6.95. The Labute approximate surface area is 118 Å². The molecule has 0 bridgehead atoms. The summed E-state index contributed by atoms with van der Waals surface area (Å²) in [6.45, 7) is 4.29. The van der Waals surface area contributed by atoms with Crippen molar-refractivity contribution >= 4 is 18.0 Å². The van der Waals surface area contributed by atoms with Crippen LogP contribution in [-0.2, 0) is 14.3 Å². The minimum atomic E-state index is -0.958. The summed E-state index contributed by atoms with van der Waals surface area (Å²) >= 11 is 0. The highest BCUT2D eigenvalue weighted by Gasteiger charge is 2.35. The van der Waals surface area contributed by atoms with E-state index in [4.69, 9.17) is 9.84 Å². The van der Waals surface area contributed by atoms with Crippen LogP contribution in [0.1, 0.15) is 39.5 Å². The van der Waals surface area contributed by atoms with Gasteiger partial charge in [-0.15, -0.1) is 0 Å². The molecule has 2 amide bonds. The fourth-order valence-corrected chi connectivity index (χ4v) is 2.26. The summed E-state index contributed by atoms with van der Waals surface area (Å²) in [6, 6.07) is -1.38. The van der Waals surface area contributed by atoms with E-state index in [-0.39, 0.29) is 13.0 Å². The molecule has 1 rings (SSSR count). The van der Waals surface area contributed by atoms with Crippen LogP contribution in [0.3, 0.4) is 0 Å². The number of esters is 1. The van der Waals surface area contributed by atoms with Gasteiger partial charge in [0.2, 0.25) is 0 Å². The number of nitrogens with one attached hydrogen (secondary N) is 1. The number of aliphatic carboxylic acids is 1. The molecule has 0 aromatic heterocycles. The summed E-state index contributed by atoms with van der Waals surface area (Å²) in [4.78, 5) is 36.0.